The normalized spacial score (nSPS) is 21.8. The van der Waals surface area contributed by atoms with Crippen molar-refractivity contribution in [2.24, 2.45) is 5.92 Å². The first kappa shape index (κ1) is 11.6. The largest absolute Gasteiger partial charge is 0.395 e. The molecule has 2 aliphatic carbocycles. The van der Waals surface area contributed by atoms with Crippen molar-refractivity contribution in [3.8, 4) is 0 Å². The van der Waals surface area contributed by atoms with Gasteiger partial charge in [0.25, 0.3) is 0 Å². The first-order chi connectivity index (χ1) is 7.83. The maximum absolute atomic E-state index is 12.3. The van der Waals surface area contributed by atoms with E-state index in [9.17, 15) is 4.79 Å². The molecule has 0 saturated heterocycles. The third kappa shape index (κ3) is 2.46. The van der Waals surface area contributed by atoms with E-state index in [1.807, 2.05) is 4.90 Å². The number of rotatable bonds is 4. The van der Waals surface area contributed by atoms with Crippen LogP contribution in [0.5, 0.6) is 0 Å². The molecule has 0 aromatic rings. The Balaban J connectivity index is 1.96. The zero-order valence-electron chi connectivity index (χ0n) is 9.77. The molecular formula is C13H21NO2. The Kier molecular flexibility index (Phi) is 3.99. The maximum atomic E-state index is 12.3. The van der Waals surface area contributed by atoms with Gasteiger partial charge < -0.3 is 10.0 Å². The first-order valence-electron chi connectivity index (χ1n) is 6.39. The van der Waals surface area contributed by atoms with Gasteiger partial charge in [0, 0.05) is 18.5 Å². The Morgan fingerprint density at radius 2 is 1.88 bits per heavy atom. The standard InChI is InChI=1S/C13H21NO2/c15-10-9-14(12-7-3-4-8-12)13(16)11-5-1-2-6-11/h1-2,11-12,15H,3-10H2. The van der Waals surface area contributed by atoms with Crippen LogP contribution in [0.3, 0.4) is 0 Å². The van der Waals surface area contributed by atoms with Crippen molar-refractivity contribution in [3.63, 3.8) is 0 Å². The van der Waals surface area contributed by atoms with Gasteiger partial charge in [-0.2, -0.15) is 0 Å². The van der Waals surface area contributed by atoms with Crippen molar-refractivity contribution >= 4 is 5.91 Å². The first-order valence-corrected chi connectivity index (χ1v) is 6.39. The van der Waals surface area contributed by atoms with Crippen LogP contribution in [-0.2, 0) is 4.79 Å². The smallest absolute Gasteiger partial charge is 0.226 e. The minimum Gasteiger partial charge on any atom is -0.395 e. The fraction of sp³-hybridized carbons (Fsp3) is 0.769. The number of amides is 1. The van der Waals surface area contributed by atoms with E-state index >= 15 is 0 Å². The molecule has 2 aliphatic rings. The van der Waals surface area contributed by atoms with Gasteiger partial charge in [0.2, 0.25) is 5.91 Å². The van der Waals surface area contributed by atoms with Crippen LogP contribution < -0.4 is 0 Å². The zero-order valence-corrected chi connectivity index (χ0v) is 9.77. The van der Waals surface area contributed by atoms with Crippen LogP contribution in [0.15, 0.2) is 12.2 Å². The van der Waals surface area contributed by atoms with Gasteiger partial charge in [0.05, 0.1) is 6.61 Å². The Morgan fingerprint density at radius 1 is 1.25 bits per heavy atom. The van der Waals surface area contributed by atoms with Gasteiger partial charge in [0.15, 0.2) is 0 Å². The van der Waals surface area contributed by atoms with E-state index in [1.54, 1.807) is 0 Å². The predicted molar refractivity (Wildman–Crippen MR) is 62.9 cm³/mol. The average Bonchev–Trinajstić information content (AvgIpc) is 2.96. The van der Waals surface area contributed by atoms with Gasteiger partial charge in [-0.3, -0.25) is 4.79 Å². The highest BCUT2D eigenvalue weighted by Crippen LogP contribution is 2.27. The maximum Gasteiger partial charge on any atom is 0.226 e. The summed E-state index contributed by atoms with van der Waals surface area (Å²) in [6.07, 6.45) is 10.6. The van der Waals surface area contributed by atoms with Crippen LogP contribution in [0.2, 0.25) is 0 Å². The van der Waals surface area contributed by atoms with E-state index in [2.05, 4.69) is 12.2 Å². The van der Waals surface area contributed by atoms with E-state index in [-0.39, 0.29) is 18.4 Å². The molecule has 0 bridgehead atoms. The van der Waals surface area contributed by atoms with E-state index in [4.69, 9.17) is 5.11 Å². The Labute approximate surface area is 97.1 Å². The van der Waals surface area contributed by atoms with Gasteiger partial charge in [-0.25, -0.2) is 0 Å². The van der Waals surface area contributed by atoms with Crippen molar-refractivity contribution in [2.45, 2.75) is 44.6 Å². The summed E-state index contributed by atoms with van der Waals surface area (Å²) in [4.78, 5) is 14.2. The van der Waals surface area contributed by atoms with Crippen molar-refractivity contribution in [1.82, 2.24) is 4.90 Å². The van der Waals surface area contributed by atoms with E-state index in [0.29, 0.717) is 12.6 Å². The summed E-state index contributed by atoms with van der Waals surface area (Å²) in [6, 6.07) is 0.389. The minimum absolute atomic E-state index is 0.0857. The van der Waals surface area contributed by atoms with Gasteiger partial charge in [-0.1, -0.05) is 25.0 Å². The second-order valence-electron chi connectivity index (χ2n) is 4.83. The molecule has 0 unspecified atom stereocenters. The molecular weight excluding hydrogens is 202 g/mol. The highest BCUT2D eigenvalue weighted by molar-refractivity contribution is 5.80. The lowest BCUT2D eigenvalue weighted by Gasteiger charge is -2.30. The molecule has 0 aliphatic heterocycles. The summed E-state index contributed by atoms with van der Waals surface area (Å²) >= 11 is 0. The Hall–Kier alpha value is -0.830. The fourth-order valence-electron chi connectivity index (χ4n) is 2.85. The molecule has 3 nitrogen and oxygen atoms in total. The lowest BCUT2D eigenvalue weighted by atomic mass is 10.0. The number of aliphatic hydroxyl groups excluding tert-OH is 1. The van der Waals surface area contributed by atoms with Gasteiger partial charge >= 0.3 is 0 Å². The molecule has 16 heavy (non-hydrogen) atoms. The summed E-state index contributed by atoms with van der Waals surface area (Å²) in [7, 11) is 0. The molecule has 2 rings (SSSR count). The number of aliphatic hydroxyl groups is 1. The lowest BCUT2D eigenvalue weighted by Crippen LogP contribution is -2.43. The number of allylic oxidation sites excluding steroid dienone is 2. The second kappa shape index (κ2) is 5.48. The molecule has 3 heteroatoms. The molecule has 0 radical (unpaired) electrons. The second-order valence-corrected chi connectivity index (χ2v) is 4.83. The summed E-state index contributed by atoms with van der Waals surface area (Å²) in [5, 5.41) is 9.08. The lowest BCUT2D eigenvalue weighted by molar-refractivity contribution is -0.138. The topological polar surface area (TPSA) is 40.5 Å². The summed E-state index contributed by atoms with van der Waals surface area (Å²) in [5.41, 5.74) is 0. The molecule has 1 amide bonds. The minimum atomic E-state index is 0.0857. The number of carbonyl (C=O) groups excluding carboxylic acids is 1. The average molecular weight is 223 g/mol. The van der Waals surface area contributed by atoms with Crippen LogP contribution in [0, 0.1) is 5.92 Å². The summed E-state index contributed by atoms with van der Waals surface area (Å²) in [5.74, 6) is 0.401. The Bertz CT molecular complexity index is 261. The predicted octanol–water partition coefficient (Wildman–Crippen LogP) is 1.72. The van der Waals surface area contributed by atoms with Gasteiger partial charge in [0.1, 0.15) is 0 Å². The zero-order chi connectivity index (χ0) is 11.4. The number of nitrogens with zero attached hydrogens (tertiary/aromatic N) is 1. The van der Waals surface area contributed by atoms with Crippen LogP contribution in [-0.4, -0.2) is 35.1 Å². The van der Waals surface area contributed by atoms with Crippen LogP contribution in [0.1, 0.15) is 38.5 Å². The third-order valence-electron chi connectivity index (χ3n) is 3.75. The van der Waals surface area contributed by atoms with Crippen LogP contribution >= 0.6 is 0 Å². The fourth-order valence-corrected chi connectivity index (χ4v) is 2.85. The van der Waals surface area contributed by atoms with Gasteiger partial charge in [-0.05, 0) is 25.7 Å². The number of hydrogen-bond donors (Lipinski definition) is 1. The summed E-state index contributed by atoms with van der Waals surface area (Å²) < 4.78 is 0. The van der Waals surface area contributed by atoms with Crippen molar-refractivity contribution in [1.29, 1.82) is 0 Å². The monoisotopic (exact) mass is 223 g/mol. The molecule has 0 aromatic heterocycles. The van der Waals surface area contributed by atoms with Crippen molar-refractivity contribution in [3.05, 3.63) is 12.2 Å². The molecule has 1 saturated carbocycles. The number of carbonyl (C=O) groups is 1. The van der Waals surface area contributed by atoms with E-state index in [0.717, 1.165) is 25.7 Å². The molecule has 0 spiro atoms. The SMILES string of the molecule is O=C(C1CC=CC1)N(CCO)C1CCCC1. The quantitative estimate of drug-likeness (QED) is 0.737. The molecule has 0 heterocycles. The van der Waals surface area contributed by atoms with E-state index < -0.39 is 0 Å². The molecule has 90 valence electrons. The van der Waals surface area contributed by atoms with Crippen molar-refractivity contribution < 1.29 is 9.90 Å². The highest BCUT2D eigenvalue weighted by atomic mass is 16.3. The third-order valence-corrected chi connectivity index (χ3v) is 3.75. The summed E-state index contributed by atoms with van der Waals surface area (Å²) in [6.45, 7) is 0.600. The molecule has 0 atom stereocenters. The van der Waals surface area contributed by atoms with Crippen LogP contribution in [0.25, 0.3) is 0 Å². The van der Waals surface area contributed by atoms with Crippen LogP contribution in [0.4, 0.5) is 0 Å². The van der Waals surface area contributed by atoms with E-state index in [1.165, 1.54) is 12.8 Å². The molecule has 1 fully saturated rings. The highest BCUT2D eigenvalue weighted by Gasteiger charge is 2.30. The van der Waals surface area contributed by atoms with Gasteiger partial charge in [-0.15, -0.1) is 0 Å². The molecule has 0 aromatic carbocycles. The molecule has 1 N–H and O–H groups in total. The Morgan fingerprint density at radius 3 is 2.44 bits per heavy atom. The number of hydrogen-bond acceptors (Lipinski definition) is 2. The van der Waals surface area contributed by atoms with Crippen molar-refractivity contribution in [2.75, 3.05) is 13.2 Å².